The van der Waals surface area contributed by atoms with Crippen molar-refractivity contribution in [2.24, 2.45) is 11.7 Å². The lowest BCUT2D eigenvalue weighted by molar-refractivity contribution is -0.120. The lowest BCUT2D eigenvalue weighted by atomic mass is 9.73. The van der Waals surface area contributed by atoms with E-state index in [0.717, 1.165) is 32.3 Å². The molecule has 3 heteroatoms. The molecule has 3 rings (SSSR count). The molecule has 0 radical (unpaired) electrons. The Morgan fingerprint density at radius 1 is 1.29 bits per heavy atom. The van der Waals surface area contributed by atoms with Gasteiger partial charge < -0.3 is 10.5 Å². The largest absolute Gasteiger partial charge is 0.375 e. The average Bonchev–Trinajstić information content (AvgIpc) is 2.50. The van der Waals surface area contributed by atoms with Gasteiger partial charge in [0.1, 0.15) is 5.82 Å². The minimum atomic E-state index is -0.215. The van der Waals surface area contributed by atoms with Crippen LogP contribution in [0, 0.1) is 18.7 Å². The smallest absolute Gasteiger partial charge is 0.130 e. The number of aryl methyl sites for hydroxylation is 1. The monoisotopic (exact) mass is 291 g/mol. The number of halogens is 1. The second kappa shape index (κ2) is 6.05. The van der Waals surface area contributed by atoms with Crippen molar-refractivity contribution in [1.29, 1.82) is 0 Å². The molecule has 0 bridgehead atoms. The zero-order valence-corrected chi connectivity index (χ0v) is 12.9. The lowest BCUT2D eigenvalue weighted by Gasteiger charge is -2.45. The molecule has 2 nitrogen and oxygen atoms in total. The van der Waals surface area contributed by atoms with Crippen molar-refractivity contribution >= 4 is 0 Å². The highest BCUT2D eigenvalue weighted by Crippen LogP contribution is 2.44. The first kappa shape index (κ1) is 15.0. The Bertz CT molecular complexity index is 490. The van der Waals surface area contributed by atoms with Crippen LogP contribution in [0.2, 0.25) is 0 Å². The maximum Gasteiger partial charge on any atom is 0.130 e. The molecular formula is C18H26FNO. The fraction of sp³-hybridized carbons (Fsp3) is 0.667. The summed E-state index contributed by atoms with van der Waals surface area (Å²) in [6.07, 6.45) is 8.03. The van der Waals surface area contributed by atoms with E-state index >= 15 is 0 Å². The van der Waals surface area contributed by atoms with Gasteiger partial charge in [-0.25, -0.2) is 4.39 Å². The van der Waals surface area contributed by atoms with Crippen LogP contribution in [-0.4, -0.2) is 12.2 Å². The number of rotatable bonds is 2. The number of nitrogens with two attached hydrogens (primary N) is 1. The first-order valence-corrected chi connectivity index (χ1v) is 8.26. The molecule has 21 heavy (non-hydrogen) atoms. The summed E-state index contributed by atoms with van der Waals surface area (Å²) < 4.78 is 20.5. The van der Waals surface area contributed by atoms with E-state index in [2.05, 4.69) is 0 Å². The lowest BCUT2D eigenvalue weighted by Crippen LogP contribution is -2.44. The second-order valence-electron chi connectivity index (χ2n) is 6.85. The minimum Gasteiger partial charge on any atom is -0.375 e. The predicted molar refractivity (Wildman–Crippen MR) is 82.6 cm³/mol. The van der Waals surface area contributed by atoms with Gasteiger partial charge in [-0.3, -0.25) is 0 Å². The molecule has 1 heterocycles. The fourth-order valence-corrected chi connectivity index (χ4v) is 4.10. The third-order valence-electron chi connectivity index (χ3n) is 5.38. The van der Waals surface area contributed by atoms with Gasteiger partial charge in [0.05, 0.1) is 5.60 Å². The summed E-state index contributed by atoms with van der Waals surface area (Å²) in [5, 5.41) is 0. The molecule has 116 valence electrons. The molecule has 1 aliphatic carbocycles. The van der Waals surface area contributed by atoms with Crippen LogP contribution in [0.4, 0.5) is 4.39 Å². The normalized spacial score (nSPS) is 26.7. The van der Waals surface area contributed by atoms with E-state index in [0.29, 0.717) is 17.0 Å². The second-order valence-corrected chi connectivity index (χ2v) is 6.85. The van der Waals surface area contributed by atoms with Crippen molar-refractivity contribution < 1.29 is 9.13 Å². The number of hydrogen-bond donors (Lipinski definition) is 1. The van der Waals surface area contributed by atoms with Crippen LogP contribution >= 0.6 is 0 Å². The minimum absolute atomic E-state index is 0.0269. The molecule has 0 amide bonds. The molecule has 2 aliphatic rings. The van der Waals surface area contributed by atoms with Crippen molar-refractivity contribution in [3.63, 3.8) is 0 Å². The Morgan fingerprint density at radius 3 is 2.81 bits per heavy atom. The maximum absolute atomic E-state index is 14.3. The zero-order valence-electron chi connectivity index (χ0n) is 12.9. The van der Waals surface area contributed by atoms with Gasteiger partial charge >= 0.3 is 0 Å². The molecule has 2 N–H and O–H groups in total. The summed E-state index contributed by atoms with van der Waals surface area (Å²) in [4.78, 5) is 0. The third kappa shape index (κ3) is 3.00. The van der Waals surface area contributed by atoms with E-state index < -0.39 is 0 Å². The van der Waals surface area contributed by atoms with Crippen LogP contribution < -0.4 is 5.73 Å². The molecule has 2 unspecified atom stereocenters. The van der Waals surface area contributed by atoms with Crippen LogP contribution in [0.5, 0.6) is 0 Å². The van der Waals surface area contributed by atoms with Crippen LogP contribution in [0.25, 0.3) is 0 Å². The molecule has 1 aliphatic heterocycles. The van der Waals surface area contributed by atoms with Gasteiger partial charge in [0.25, 0.3) is 0 Å². The van der Waals surface area contributed by atoms with E-state index in [4.69, 9.17) is 10.5 Å². The van der Waals surface area contributed by atoms with E-state index in [-0.39, 0.29) is 17.5 Å². The molecule has 1 aromatic carbocycles. The summed E-state index contributed by atoms with van der Waals surface area (Å²) in [6, 6.07) is 5.34. The first-order valence-electron chi connectivity index (χ1n) is 8.26. The average molecular weight is 291 g/mol. The van der Waals surface area contributed by atoms with Gasteiger partial charge in [-0.05, 0) is 44.1 Å². The molecule has 1 saturated heterocycles. The van der Waals surface area contributed by atoms with Crippen LogP contribution in [0.1, 0.15) is 62.1 Å². The van der Waals surface area contributed by atoms with Gasteiger partial charge in [0.2, 0.25) is 0 Å². The summed E-state index contributed by atoms with van der Waals surface area (Å²) in [7, 11) is 0. The van der Waals surface area contributed by atoms with Crippen molar-refractivity contribution in [1.82, 2.24) is 0 Å². The molecular weight excluding hydrogens is 265 g/mol. The van der Waals surface area contributed by atoms with Gasteiger partial charge in [-0.2, -0.15) is 0 Å². The highest BCUT2D eigenvalue weighted by Gasteiger charge is 2.40. The van der Waals surface area contributed by atoms with Crippen LogP contribution in [-0.2, 0) is 4.74 Å². The summed E-state index contributed by atoms with van der Waals surface area (Å²) in [6.45, 7) is 2.57. The molecule has 2 fully saturated rings. The Hall–Kier alpha value is -0.930. The predicted octanol–water partition coefficient (Wildman–Crippen LogP) is 4.26. The molecule has 1 aromatic rings. The van der Waals surface area contributed by atoms with E-state index in [1.165, 1.54) is 19.3 Å². The van der Waals surface area contributed by atoms with Gasteiger partial charge in [-0.1, -0.05) is 37.5 Å². The van der Waals surface area contributed by atoms with Gasteiger partial charge in [0.15, 0.2) is 0 Å². The van der Waals surface area contributed by atoms with E-state index in [9.17, 15) is 4.39 Å². The molecule has 0 aromatic heterocycles. The highest BCUT2D eigenvalue weighted by molar-refractivity contribution is 5.28. The van der Waals surface area contributed by atoms with E-state index in [1.807, 2.05) is 12.1 Å². The summed E-state index contributed by atoms with van der Waals surface area (Å²) in [5.41, 5.74) is 7.82. The van der Waals surface area contributed by atoms with Gasteiger partial charge in [0, 0.05) is 18.2 Å². The molecule has 1 saturated carbocycles. The summed E-state index contributed by atoms with van der Waals surface area (Å²) in [5.74, 6) is 0.197. The first-order chi connectivity index (χ1) is 10.1. The van der Waals surface area contributed by atoms with Crippen molar-refractivity contribution in [3.05, 3.63) is 35.1 Å². The number of hydrogen-bond acceptors (Lipinski definition) is 2. The molecule has 1 spiro atoms. The van der Waals surface area contributed by atoms with Crippen molar-refractivity contribution in [2.45, 2.75) is 63.5 Å². The Balaban J connectivity index is 1.78. The van der Waals surface area contributed by atoms with Crippen LogP contribution in [0.3, 0.4) is 0 Å². The quantitative estimate of drug-likeness (QED) is 0.883. The van der Waals surface area contributed by atoms with E-state index in [1.54, 1.807) is 13.0 Å². The Morgan fingerprint density at radius 2 is 2.05 bits per heavy atom. The summed E-state index contributed by atoms with van der Waals surface area (Å²) >= 11 is 0. The topological polar surface area (TPSA) is 35.2 Å². The SMILES string of the molecule is Cc1cccc(C(N)C2CCOC3(CCCCC3)C2)c1F. The van der Waals surface area contributed by atoms with Crippen LogP contribution in [0.15, 0.2) is 18.2 Å². The Labute approximate surface area is 126 Å². The number of benzene rings is 1. The number of ether oxygens (including phenoxy) is 1. The maximum atomic E-state index is 14.3. The third-order valence-corrected chi connectivity index (χ3v) is 5.38. The zero-order chi connectivity index (χ0) is 14.9. The highest BCUT2D eigenvalue weighted by atomic mass is 19.1. The van der Waals surface area contributed by atoms with Crippen molar-refractivity contribution in [3.8, 4) is 0 Å². The fourth-order valence-electron chi connectivity index (χ4n) is 4.10. The van der Waals surface area contributed by atoms with Crippen molar-refractivity contribution in [2.75, 3.05) is 6.61 Å². The Kier molecular flexibility index (Phi) is 4.32. The molecule has 2 atom stereocenters. The van der Waals surface area contributed by atoms with Gasteiger partial charge in [-0.15, -0.1) is 0 Å². The standard InChI is InChI=1S/C18H26FNO/c1-13-6-5-7-15(16(13)19)17(20)14-8-11-21-18(12-14)9-3-2-4-10-18/h5-7,14,17H,2-4,8-12,20H2,1H3.